The van der Waals surface area contributed by atoms with Crippen molar-refractivity contribution in [3.8, 4) is 51.0 Å². The summed E-state index contributed by atoms with van der Waals surface area (Å²) in [7, 11) is 0. The zero-order valence-corrected chi connectivity index (χ0v) is 24.7. The lowest BCUT2D eigenvalue weighted by Crippen LogP contribution is -2.14. The van der Waals surface area contributed by atoms with Crippen molar-refractivity contribution in [3.05, 3.63) is 158 Å². The van der Waals surface area contributed by atoms with E-state index in [1.54, 1.807) is 0 Å². The van der Waals surface area contributed by atoms with Crippen LogP contribution in [0.1, 0.15) is 0 Å². The van der Waals surface area contributed by atoms with Crippen LogP contribution in [-0.2, 0) is 0 Å². The second kappa shape index (κ2) is 10.6. The van der Waals surface area contributed by atoms with Gasteiger partial charge in [0.05, 0.1) is 22.4 Å². The van der Waals surface area contributed by atoms with E-state index in [9.17, 15) is 0 Å². The van der Waals surface area contributed by atoms with Gasteiger partial charge >= 0.3 is 0 Å². The standard InChI is InChI=1S/C40H26N6/c1-3-13-27(14-4-1)37-42-38(28-15-5-2-6-16-28)44-39(43-37)29-23-25-30(26-24-29)45-34-20-10-7-17-31(34)32-18-8-11-21-35(32)46-36-22-12-9-19-33(36)41-40(45)46/h1-26H. The number of hydrogen-bond donors (Lipinski definition) is 0. The van der Waals surface area contributed by atoms with Crippen molar-refractivity contribution in [1.82, 2.24) is 24.5 Å². The van der Waals surface area contributed by atoms with Gasteiger partial charge in [-0.1, -0.05) is 109 Å². The molecule has 46 heavy (non-hydrogen) atoms. The van der Waals surface area contributed by atoms with Crippen LogP contribution in [0.5, 0.6) is 0 Å². The maximum absolute atomic E-state index is 5.20. The Morgan fingerprint density at radius 2 is 0.848 bits per heavy atom. The van der Waals surface area contributed by atoms with Gasteiger partial charge in [0.15, 0.2) is 17.5 Å². The highest BCUT2D eigenvalue weighted by atomic mass is 15.3. The van der Waals surface area contributed by atoms with Crippen LogP contribution in [0, 0.1) is 0 Å². The number of aromatic nitrogens is 5. The summed E-state index contributed by atoms with van der Waals surface area (Å²) in [6.07, 6.45) is 0. The summed E-state index contributed by atoms with van der Waals surface area (Å²) in [6, 6.07) is 53.9. The van der Waals surface area contributed by atoms with Crippen LogP contribution in [0.2, 0.25) is 0 Å². The summed E-state index contributed by atoms with van der Waals surface area (Å²) in [6.45, 7) is 0. The topological polar surface area (TPSA) is 59.7 Å². The van der Waals surface area contributed by atoms with Crippen LogP contribution >= 0.6 is 0 Å². The number of nitrogens with zero attached hydrogens (tertiary/aromatic N) is 6. The molecule has 0 aliphatic carbocycles. The molecule has 9 rings (SSSR count). The van der Waals surface area contributed by atoms with Crippen molar-refractivity contribution < 1.29 is 0 Å². The van der Waals surface area contributed by atoms with Crippen molar-refractivity contribution >= 4 is 28.4 Å². The Hall–Kier alpha value is -6.40. The minimum atomic E-state index is 0.621. The molecule has 0 bridgehead atoms. The van der Waals surface area contributed by atoms with Crippen molar-refractivity contribution in [1.29, 1.82) is 0 Å². The highest BCUT2D eigenvalue weighted by Crippen LogP contribution is 2.47. The molecule has 0 N–H and O–H groups in total. The molecule has 3 heterocycles. The van der Waals surface area contributed by atoms with Gasteiger partial charge in [-0.2, -0.15) is 0 Å². The maximum atomic E-state index is 5.20. The predicted octanol–water partition coefficient (Wildman–Crippen LogP) is 9.66. The van der Waals surface area contributed by atoms with Gasteiger partial charge in [0.1, 0.15) is 0 Å². The van der Waals surface area contributed by atoms with E-state index >= 15 is 0 Å². The van der Waals surface area contributed by atoms with E-state index in [2.05, 4.69) is 100 Å². The maximum Gasteiger partial charge on any atom is 0.220 e. The number of rotatable bonds is 4. The summed E-state index contributed by atoms with van der Waals surface area (Å²) in [4.78, 5) is 22.2. The van der Waals surface area contributed by atoms with Crippen molar-refractivity contribution in [2.75, 3.05) is 4.90 Å². The number of fused-ring (bicyclic) bond motifs is 7. The SMILES string of the molecule is c1ccc(-c2nc(-c3ccccc3)nc(-c3ccc(N4c5ccccc5-c5ccccc5-n5c4nc4ccccc45)cc3)n2)cc1. The van der Waals surface area contributed by atoms with E-state index in [0.29, 0.717) is 17.5 Å². The fourth-order valence-electron chi connectivity index (χ4n) is 6.25. The molecular weight excluding hydrogens is 564 g/mol. The Kier molecular flexibility index (Phi) is 6.03. The number of hydrogen-bond acceptors (Lipinski definition) is 5. The summed E-state index contributed by atoms with van der Waals surface area (Å²) in [5.74, 6) is 2.74. The van der Waals surface area contributed by atoms with Crippen LogP contribution in [0.25, 0.3) is 62.0 Å². The van der Waals surface area contributed by atoms with Gasteiger partial charge in [0.2, 0.25) is 5.95 Å². The van der Waals surface area contributed by atoms with Gasteiger partial charge < -0.3 is 0 Å². The summed E-state index contributed by atoms with van der Waals surface area (Å²) >= 11 is 0. The van der Waals surface area contributed by atoms with Crippen LogP contribution in [0.3, 0.4) is 0 Å². The fourth-order valence-corrected chi connectivity index (χ4v) is 6.25. The van der Waals surface area contributed by atoms with E-state index in [0.717, 1.165) is 61.9 Å². The second-order valence-electron chi connectivity index (χ2n) is 11.2. The van der Waals surface area contributed by atoms with Crippen LogP contribution < -0.4 is 4.90 Å². The number of imidazole rings is 1. The van der Waals surface area contributed by atoms with E-state index in [-0.39, 0.29) is 0 Å². The third-order valence-electron chi connectivity index (χ3n) is 8.41. The number of benzene rings is 6. The monoisotopic (exact) mass is 590 g/mol. The van der Waals surface area contributed by atoms with Gasteiger partial charge in [0.25, 0.3) is 0 Å². The van der Waals surface area contributed by atoms with Crippen LogP contribution in [-0.4, -0.2) is 24.5 Å². The lowest BCUT2D eigenvalue weighted by Gasteiger charge is -2.24. The third-order valence-corrected chi connectivity index (χ3v) is 8.41. The van der Waals surface area contributed by atoms with E-state index in [4.69, 9.17) is 19.9 Å². The first-order valence-corrected chi connectivity index (χ1v) is 15.3. The van der Waals surface area contributed by atoms with E-state index in [1.165, 1.54) is 0 Å². The molecule has 0 unspecified atom stereocenters. The average molecular weight is 591 g/mol. The first-order valence-electron chi connectivity index (χ1n) is 15.3. The summed E-state index contributed by atoms with van der Waals surface area (Å²) in [5.41, 5.74) is 10.3. The molecule has 6 aromatic carbocycles. The van der Waals surface area contributed by atoms with Crippen LogP contribution in [0.4, 0.5) is 17.3 Å². The Bertz CT molecular complexity index is 2310. The van der Waals surface area contributed by atoms with Gasteiger partial charge in [0, 0.05) is 33.5 Å². The van der Waals surface area contributed by atoms with Gasteiger partial charge in [-0.15, -0.1) is 0 Å². The Morgan fingerprint density at radius 3 is 1.48 bits per heavy atom. The molecule has 0 atom stereocenters. The third kappa shape index (κ3) is 4.27. The molecule has 6 nitrogen and oxygen atoms in total. The van der Waals surface area contributed by atoms with Crippen molar-refractivity contribution in [3.63, 3.8) is 0 Å². The zero-order chi connectivity index (χ0) is 30.5. The molecule has 2 aromatic heterocycles. The molecule has 6 heteroatoms. The lowest BCUT2D eigenvalue weighted by atomic mass is 10.0. The highest BCUT2D eigenvalue weighted by molar-refractivity contribution is 5.96. The quantitative estimate of drug-likeness (QED) is 0.204. The summed E-state index contributed by atoms with van der Waals surface area (Å²) < 4.78 is 2.27. The Balaban J connectivity index is 1.21. The van der Waals surface area contributed by atoms with Crippen molar-refractivity contribution in [2.24, 2.45) is 0 Å². The van der Waals surface area contributed by atoms with Crippen molar-refractivity contribution in [2.45, 2.75) is 0 Å². The summed E-state index contributed by atoms with van der Waals surface area (Å²) in [5, 5.41) is 0. The average Bonchev–Trinajstić information content (AvgIpc) is 3.46. The van der Waals surface area contributed by atoms with Gasteiger partial charge in [-0.3, -0.25) is 9.47 Å². The largest absolute Gasteiger partial charge is 0.280 e. The Labute approximate surface area is 266 Å². The molecule has 1 aliphatic heterocycles. The minimum Gasteiger partial charge on any atom is -0.280 e. The molecule has 0 amide bonds. The molecule has 0 saturated carbocycles. The molecule has 0 radical (unpaired) electrons. The molecule has 0 fully saturated rings. The lowest BCUT2D eigenvalue weighted by molar-refractivity contribution is 1.05. The smallest absolute Gasteiger partial charge is 0.220 e. The molecule has 8 aromatic rings. The predicted molar refractivity (Wildman–Crippen MR) is 184 cm³/mol. The van der Waals surface area contributed by atoms with E-state index in [1.807, 2.05) is 66.7 Å². The molecule has 1 aliphatic rings. The number of anilines is 3. The molecule has 216 valence electrons. The normalized spacial score (nSPS) is 11.9. The minimum absolute atomic E-state index is 0.621. The zero-order valence-electron chi connectivity index (χ0n) is 24.7. The first-order chi connectivity index (χ1) is 22.8. The highest BCUT2D eigenvalue weighted by Gasteiger charge is 2.28. The molecule has 0 saturated heterocycles. The Morgan fingerprint density at radius 1 is 0.370 bits per heavy atom. The number of para-hydroxylation sites is 4. The molecular formula is C40H26N6. The second-order valence-corrected chi connectivity index (χ2v) is 11.2. The van der Waals surface area contributed by atoms with Crippen LogP contribution in [0.15, 0.2) is 158 Å². The molecule has 0 spiro atoms. The van der Waals surface area contributed by atoms with Gasteiger partial charge in [-0.05, 0) is 48.5 Å². The van der Waals surface area contributed by atoms with Gasteiger partial charge in [-0.25, -0.2) is 19.9 Å². The first kappa shape index (κ1) is 26.0. The van der Waals surface area contributed by atoms with E-state index < -0.39 is 0 Å². The fraction of sp³-hybridized carbons (Fsp3) is 0.